The second kappa shape index (κ2) is 9.35. The van der Waals surface area contributed by atoms with E-state index in [-0.39, 0.29) is 17.8 Å². The predicted octanol–water partition coefficient (Wildman–Crippen LogP) is 3.81. The second-order valence-corrected chi connectivity index (χ2v) is 8.69. The van der Waals surface area contributed by atoms with E-state index in [1.165, 1.54) is 23.1 Å². The molecule has 0 aliphatic rings. The maximum atomic E-state index is 12.4. The molecular weight excluding hydrogens is 420 g/mol. The van der Waals surface area contributed by atoms with Crippen LogP contribution < -0.4 is 10.1 Å². The van der Waals surface area contributed by atoms with E-state index >= 15 is 0 Å². The number of hydrogen-bond donors (Lipinski definition) is 1. The molecule has 3 rings (SSSR count). The van der Waals surface area contributed by atoms with Gasteiger partial charge in [-0.1, -0.05) is 34.7 Å². The van der Waals surface area contributed by atoms with Gasteiger partial charge in [0.15, 0.2) is 11.0 Å². The van der Waals surface area contributed by atoms with Crippen molar-refractivity contribution in [2.24, 2.45) is 0 Å². The van der Waals surface area contributed by atoms with Crippen LogP contribution in [0.15, 0.2) is 29.4 Å². The molecule has 0 spiro atoms. The number of nitrogens with one attached hydrogen (secondary N) is 1. The first kappa shape index (κ1) is 20.6. The lowest BCUT2D eigenvalue weighted by Gasteiger charge is -2.12. The minimum Gasteiger partial charge on any atom is -0.486 e. The molecule has 28 heavy (non-hydrogen) atoms. The average molecular weight is 439 g/mol. The summed E-state index contributed by atoms with van der Waals surface area (Å²) in [6.45, 7) is 6.58. The summed E-state index contributed by atoms with van der Waals surface area (Å²) in [6.07, 6.45) is 0. The molecule has 3 aromatic rings. The van der Waals surface area contributed by atoms with E-state index in [0.29, 0.717) is 33.4 Å². The van der Waals surface area contributed by atoms with Gasteiger partial charge in [0.2, 0.25) is 11.0 Å². The number of benzene rings is 1. The smallest absolute Gasteiger partial charge is 0.239 e. The third-order valence-electron chi connectivity index (χ3n) is 3.70. The van der Waals surface area contributed by atoms with Crippen LogP contribution in [0.25, 0.3) is 0 Å². The number of hydrogen-bond acceptors (Lipinski definition) is 8. The molecule has 1 N–H and O–H groups in total. The van der Waals surface area contributed by atoms with Crippen LogP contribution >= 0.6 is 34.7 Å². The zero-order valence-electron chi connectivity index (χ0n) is 15.5. The third kappa shape index (κ3) is 5.21. The normalized spacial score (nSPS) is 12.0. The van der Waals surface area contributed by atoms with Crippen LogP contribution in [0.4, 0.5) is 5.13 Å². The molecule has 0 aliphatic carbocycles. The molecule has 1 atom stereocenters. The summed E-state index contributed by atoms with van der Waals surface area (Å²) in [6, 6.07) is 7.13. The van der Waals surface area contributed by atoms with Gasteiger partial charge in [-0.3, -0.25) is 10.1 Å². The molecule has 2 heterocycles. The fourth-order valence-corrected chi connectivity index (χ4v) is 3.93. The Balaban J connectivity index is 1.62. The van der Waals surface area contributed by atoms with E-state index in [0.717, 1.165) is 5.01 Å². The molecule has 1 aromatic carbocycles. The van der Waals surface area contributed by atoms with Crippen molar-refractivity contribution in [1.29, 1.82) is 0 Å². The fourth-order valence-electron chi connectivity index (χ4n) is 2.28. The number of aromatic nitrogens is 5. The lowest BCUT2D eigenvalue weighted by Crippen LogP contribution is -2.23. The topological polar surface area (TPSA) is 94.8 Å². The highest BCUT2D eigenvalue weighted by Gasteiger charge is 2.21. The number of nitrogens with zero attached hydrogens (tertiary/aromatic N) is 5. The zero-order valence-corrected chi connectivity index (χ0v) is 17.9. The maximum absolute atomic E-state index is 12.4. The molecule has 11 heteroatoms. The van der Waals surface area contributed by atoms with Gasteiger partial charge in [0, 0.05) is 11.6 Å². The van der Waals surface area contributed by atoms with Crippen molar-refractivity contribution in [2.45, 2.75) is 44.3 Å². The molecule has 8 nitrogen and oxygen atoms in total. The van der Waals surface area contributed by atoms with Crippen molar-refractivity contribution in [3.63, 3.8) is 0 Å². The summed E-state index contributed by atoms with van der Waals surface area (Å²) in [5.41, 5.74) is 0. The largest absolute Gasteiger partial charge is 0.486 e. The maximum Gasteiger partial charge on any atom is 0.239 e. The van der Waals surface area contributed by atoms with Gasteiger partial charge in [-0.25, -0.2) is 0 Å². The molecular formula is C17H19ClN6O2S2. The minimum atomic E-state index is -0.372. The van der Waals surface area contributed by atoms with Gasteiger partial charge >= 0.3 is 0 Å². The highest BCUT2D eigenvalue weighted by molar-refractivity contribution is 8.00. The Morgan fingerprint density at radius 3 is 2.68 bits per heavy atom. The zero-order chi connectivity index (χ0) is 20.1. The van der Waals surface area contributed by atoms with E-state index in [1.807, 2.05) is 25.3 Å². The van der Waals surface area contributed by atoms with Gasteiger partial charge < -0.3 is 9.30 Å². The van der Waals surface area contributed by atoms with E-state index < -0.39 is 0 Å². The summed E-state index contributed by atoms with van der Waals surface area (Å²) >= 11 is 8.55. The van der Waals surface area contributed by atoms with Gasteiger partial charge in [-0.2, -0.15) is 0 Å². The Morgan fingerprint density at radius 2 is 2.04 bits per heavy atom. The molecule has 0 bridgehead atoms. The molecule has 148 valence electrons. The molecule has 1 amide bonds. The average Bonchev–Trinajstić information content (AvgIpc) is 3.26. The number of ether oxygens (including phenoxy) is 1. The van der Waals surface area contributed by atoms with Gasteiger partial charge in [0.1, 0.15) is 17.4 Å². The molecule has 0 saturated carbocycles. The van der Waals surface area contributed by atoms with Gasteiger partial charge in [-0.15, -0.1) is 20.4 Å². The van der Waals surface area contributed by atoms with E-state index in [4.69, 9.17) is 16.3 Å². The Morgan fingerprint density at radius 1 is 1.29 bits per heavy atom. The lowest BCUT2D eigenvalue weighted by molar-refractivity contribution is -0.115. The van der Waals surface area contributed by atoms with E-state index in [9.17, 15) is 4.79 Å². The Bertz CT molecular complexity index is 944. The molecule has 0 fully saturated rings. The number of carbonyl (C=O) groups is 1. The number of aryl methyl sites for hydroxylation is 1. The predicted molar refractivity (Wildman–Crippen MR) is 110 cm³/mol. The Labute approximate surface area is 175 Å². The minimum absolute atomic E-state index is 0.161. The standard InChI is InChI=1S/C17H19ClN6O2S2/c1-4-24-14(9-26-13-7-5-12(18)6-8-13)21-23-17(24)27-10(2)15(25)19-16-22-20-11(3)28-16/h5-8,10H,4,9H2,1-3H3,(H,19,22,25)/t10-/m0/s1. The van der Waals surface area contributed by atoms with Gasteiger partial charge in [0.05, 0.1) is 5.25 Å². The van der Waals surface area contributed by atoms with Crippen molar-refractivity contribution < 1.29 is 9.53 Å². The Hall–Kier alpha value is -2.17. The van der Waals surface area contributed by atoms with E-state index in [2.05, 4.69) is 25.7 Å². The monoisotopic (exact) mass is 438 g/mol. The van der Waals surface area contributed by atoms with Crippen molar-refractivity contribution >= 4 is 45.7 Å². The van der Waals surface area contributed by atoms with Crippen LogP contribution in [-0.2, 0) is 17.9 Å². The summed E-state index contributed by atoms with van der Waals surface area (Å²) in [4.78, 5) is 12.4. The van der Waals surface area contributed by atoms with Crippen molar-refractivity contribution in [3.8, 4) is 5.75 Å². The SMILES string of the molecule is CCn1c(COc2ccc(Cl)cc2)nnc1S[C@@H](C)C(=O)Nc1nnc(C)s1. The molecule has 0 radical (unpaired) electrons. The molecule has 2 aromatic heterocycles. The number of amides is 1. The van der Waals surface area contributed by atoms with E-state index in [1.54, 1.807) is 24.3 Å². The van der Waals surface area contributed by atoms with Crippen LogP contribution in [0.1, 0.15) is 24.7 Å². The highest BCUT2D eigenvalue weighted by Crippen LogP contribution is 2.25. The lowest BCUT2D eigenvalue weighted by atomic mass is 10.3. The second-order valence-electron chi connectivity index (χ2n) is 5.76. The van der Waals surface area contributed by atoms with Crippen molar-refractivity contribution in [2.75, 3.05) is 5.32 Å². The first-order valence-corrected chi connectivity index (χ1v) is 10.6. The van der Waals surface area contributed by atoms with Crippen molar-refractivity contribution in [1.82, 2.24) is 25.0 Å². The quantitative estimate of drug-likeness (QED) is 0.534. The van der Waals surface area contributed by atoms with Crippen LogP contribution in [-0.4, -0.2) is 36.1 Å². The number of anilines is 1. The molecule has 0 aliphatic heterocycles. The van der Waals surface area contributed by atoms with Crippen LogP contribution in [0, 0.1) is 6.92 Å². The number of rotatable bonds is 8. The summed E-state index contributed by atoms with van der Waals surface area (Å²) in [5.74, 6) is 1.22. The highest BCUT2D eigenvalue weighted by atomic mass is 35.5. The first-order valence-electron chi connectivity index (χ1n) is 8.54. The molecule has 0 saturated heterocycles. The summed E-state index contributed by atoms with van der Waals surface area (Å²) < 4.78 is 7.68. The van der Waals surface area contributed by atoms with Gasteiger partial charge in [-0.05, 0) is 45.0 Å². The third-order valence-corrected chi connectivity index (χ3v) is 5.79. The number of halogens is 1. The summed E-state index contributed by atoms with van der Waals surface area (Å²) in [5, 5.41) is 21.2. The fraction of sp³-hybridized carbons (Fsp3) is 0.353. The summed E-state index contributed by atoms with van der Waals surface area (Å²) in [7, 11) is 0. The van der Waals surface area contributed by atoms with Crippen LogP contribution in [0.2, 0.25) is 5.02 Å². The van der Waals surface area contributed by atoms with Crippen LogP contribution in [0.5, 0.6) is 5.75 Å². The Kier molecular flexibility index (Phi) is 6.87. The molecule has 0 unspecified atom stereocenters. The number of thioether (sulfide) groups is 1. The first-order chi connectivity index (χ1) is 13.5. The van der Waals surface area contributed by atoms with Crippen LogP contribution in [0.3, 0.4) is 0 Å². The van der Waals surface area contributed by atoms with Crippen molar-refractivity contribution in [3.05, 3.63) is 40.1 Å². The number of carbonyl (C=O) groups excluding carboxylic acids is 1. The van der Waals surface area contributed by atoms with Gasteiger partial charge in [0.25, 0.3) is 0 Å².